The summed E-state index contributed by atoms with van der Waals surface area (Å²) >= 11 is 0. The van der Waals surface area contributed by atoms with Gasteiger partial charge in [-0.2, -0.15) is 0 Å². The summed E-state index contributed by atoms with van der Waals surface area (Å²) in [4.78, 5) is 12.0. The van der Waals surface area contributed by atoms with Gasteiger partial charge >= 0.3 is 0 Å². The monoisotopic (exact) mass is 231 g/mol. The van der Waals surface area contributed by atoms with Gasteiger partial charge in [-0.1, -0.05) is 24.6 Å². The standard InChI is InChI=1S/C13H17N3O/c1-4-10-12(14)13(17)16(15-10)11-6-5-8(2)7-9(11)3/h5-7,15H,4,14H2,1-3H3. The largest absolute Gasteiger partial charge is 0.393 e. The Bertz CT molecular complexity index is 608. The average molecular weight is 231 g/mol. The number of anilines is 1. The molecule has 0 radical (unpaired) electrons. The number of aromatic amines is 1. The first kappa shape index (κ1) is 11.5. The van der Waals surface area contributed by atoms with Gasteiger partial charge in [0.15, 0.2) is 0 Å². The summed E-state index contributed by atoms with van der Waals surface area (Å²) in [6.45, 7) is 5.98. The predicted molar refractivity (Wildman–Crippen MR) is 69.7 cm³/mol. The van der Waals surface area contributed by atoms with Crippen molar-refractivity contribution >= 4 is 5.69 Å². The predicted octanol–water partition coefficient (Wildman–Crippen LogP) is 1.93. The normalized spacial score (nSPS) is 10.8. The van der Waals surface area contributed by atoms with Gasteiger partial charge in [-0.15, -0.1) is 0 Å². The average Bonchev–Trinajstić information content (AvgIpc) is 2.57. The Labute approximate surface area is 100 Å². The van der Waals surface area contributed by atoms with Crippen LogP contribution >= 0.6 is 0 Å². The summed E-state index contributed by atoms with van der Waals surface area (Å²) < 4.78 is 1.52. The Morgan fingerprint density at radius 3 is 2.59 bits per heavy atom. The molecule has 4 heteroatoms. The molecule has 0 spiro atoms. The van der Waals surface area contributed by atoms with Crippen molar-refractivity contribution in [3.05, 3.63) is 45.4 Å². The highest BCUT2D eigenvalue weighted by atomic mass is 16.1. The van der Waals surface area contributed by atoms with Gasteiger partial charge in [0, 0.05) is 0 Å². The topological polar surface area (TPSA) is 63.8 Å². The molecule has 0 fully saturated rings. The lowest BCUT2D eigenvalue weighted by Gasteiger charge is -2.06. The lowest BCUT2D eigenvalue weighted by molar-refractivity contribution is 0.813. The summed E-state index contributed by atoms with van der Waals surface area (Å²) in [5, 5.41) is 3.06. The van der Waals surface area contributed by atoms with Crippen LogP contribution in [0.15, 0.2) is 23.0 Å². The summed E-state index contributed by atoms with van der Waals surface area (Å²) in [6.07, 6.45) is 0.721. The van der Waals surface area contributed by atoms with E-state index in [9.17, 15) is 4.79 Å². The Morgan fingerprint density at radius 2 is 2.06 bits per heavy atom. The minimum atomic E-state index is -0.172. The van der Waals surface area contributed by atoms with Crippen LogP contribution in [0.3, 0.4) is 0 Å². The van der Waals surface area contributed by atoms with Crippen LogP contribution in [0.1, 0.15) is 23.7 Å². The van der Waals surface area contributed by atoms with E-state index in [-0.39, 0.29) is 5.56 Å². The van der Waals surface area contributed by atoms with E-state index in [1.807, 2.05) is 39.0 Å². The molecule has 0 aliphatic rings. The maximum atomic E-state index is 12.0. The Kier molecular flexibility index (Phi) is 2.79. The summed E-state index contributed by atoms with van der Waals surface area (Å²) in [6, 6.07) is 5.96. The van der Waals surface area contributed by atoms with Gasteiger partial charge in [-0.05, 0) is 31.9 Å². The van der Waals surface area contributed by atoms with Crippen LogP contribution in [0.4, 0.5) is 5.69 Å². The molecule has 3 N–H and O–H groups in total. The van der Waals surface area contributed by atoms with Crippen molar-refractivity contribution in [2.45, 2.75) is 27.2 Å². The Hall–Kier alpha value is -1.97. The fourth-order valence-electron chi connectivity index (χ4n) is 1.99. The molecule has 1 aromatic heterocycles. The fraction of sp³-hybridized carbons (Fsp3) is 0.308. The number of nitrogen functional groups attached to an aromatic ring is 1. The number of hydrogen-bond donors (Lipinski definition) is 2. The lowest BCUT2D eigenvalue weighted by atomic mass is 10.1. The zero-order chi connectivity index (χ0) is 12.6. The van der Waals surface area contributed by atoms with Crippen molar-refractivity contribution < 1.29 is 0 Å². The molecule has 4 nitrogen and oxygen atoms in total. The molecular formula is C13H17N3O. The second kappa shape index (κ2) is 4.13. The van der Waals surface area contributed by atoms with Crippen molar-refractivity contribution in [1.82, 2.24) is 9.78 Å². The highest BCUT2D eigenvalue weighted by Crippen LogP contribution is 2.15. The molecule has 90 valence electrons. The third-order valence-electron chi connectivity index (χ3n) is 2.95. The van der Waals surface area contributed by atoms with Crippen LogP contribution in [0.5, 0.6) is 0 Å². The van der Waals surface area contributed by atoms with Gasteiger partial charge in [-0.3, -0.25) is 9.89 Å². The van der Waals surface area contributed by atoms with E-state index in [0.29, 0.717) is 5.69 Å². The molecular weight excluding hydrogens is 214 g/mol. The minimum Gasteiger partial charge on any atom is -0.393 e. The molecule has 0 saturated heterocycles. The molecule has 0 amide bonds. The van der Waals surface area contributed by atoms with Crippen molar-refractivity contribution in [2.24, 2.45) is 0 Å². The fourth-order valence-corrected chi connectivity index (χ4v) is 1.99. The SMILES string of the molecule is CCc1[nH]n(-c2ccc(C)cc2C)c(=O)c1N. The maximum absolute atomic E-state index is 12.0. The summed E-state index contributed by atoms with van der Waals surface area (Å²) in [5.74, 6) is 0. The third kappa shape index (κ3) is 1.86. The number of benzene rings is 1. The van der Waals surface area contributed by atoms with Crippen molar-refractivity contribution in [2.75, 3.05) is 5.73 Å². The van der Waals surface area contributed by atoms with E-state index >= 15 is 0 Å². The van der Waals surface area contributed by atoms with E-state index in [1.165, 1.54) is 10.2 Å². The van der Waals surface area contributed by atoms with Crippen LogP contribution in [0.2, 0.25) is 0 Å². The summed E-state index contributed by atoms with van der Waals surface area (Å²) in [7, 11) is 0. The lowest BCUT2D eigenvalue weighted by Crippen LogP contribution is -2.17. The molecule has 1 heterocycles. The zero-order valence-corrected chi connectivity index (χ0v) is 10.4. The van der Waals surface area contributed by atoms with E-state index < -0.39 is 0 Å². The molecule has 0 bridgehead atoms. The first-order valence-electron chi connectivity index (χ1n) is 5.71. The van der Waals surface area contributed by atoms with E-state index in [4.69, 9.17) is 5.73 Å². The maximum Gasteiger partial charge on any atom is 0.294 e. The smallest absolute Gasteiger partial charge is 0.294 e. The second-order valence-electron chi connectivity index (χ2n) is 4.29. The van der Waals surface area contributed by atoms with Crippen LogP contribution < -0.4 is 11.3 Å². The third-order valence-corrected chi connectivity index (χ3v) is 2.95. The molecule has 0 atom stereocenters. The quantitative estimate of drug-likeness (QED) is 0.829. The van der Waals surface area contributed by atoms with Gasteiger partial charge in [-0.25, -0.2) is 4.68 Å². The number of nitrogens with one attached hydrogen (secondary N) is 1. The van der Waals surface area contributed by atoms with Crippen LogP contribution in [-0.4, -0.2) is 9.78 Å². The van der Waals surface area contributed by atoms with Crippen LogP contribution in [0.25, 0.3) is 5.69 Å². The molecule has 0 saturated carbocycles. The molecule has 0 aliphatic carbocycles. The van der Waals surface area contributed by atoms with Gasteiger partial charge in [0.2, 0.25) is 0 Å². The van der Waals surface area contributed by atoms with Crippen molar-refractivity contribution in [3.8, 4) is 5.69 Å². The highest BCUT2D eigenvalue weighted by molar-refractivity contribution is 5.47. The molecule has 0 aliphatic heterocycles. The Balaban J connectivity index is 2.65. The van der Waals surface area contributed by atoms with E-state index in [0.717, 1.165) is 23.4 Å². The minimum absolute atomic E-state index is 0.172. The number of rotatable bonds is 2. The molecule has 0 unspecified atom stereocenters. The molecule has 2 aromatic rings. The number of nitrogens with zero attached hydrogens (tertiary/aromatic N) is 1. The number of H-pyrrole nitrogens is 1. The number of hydrogen-bond acceptors (Lipinski definition) is 2. The van der Waals surface area contributed by atoms with Gasteiger partial charge in [0.25, 0.3) is 5.56 Å². The van der Waals surface area contributed by atoms with Crippen LogP contribution in [0, 0.1) is 13.8 Å². The van der Waals surface area contributed by atoms with E-state index in [2.05, 4.69) is 5.10 Å². The first-order valence-corrected chi connectivity index (χ1v) is 5.71. The van der Waals surface area contributed by atoms with Gasteiger partial charge in [0.05, 0.1) is 11.4 Å². The number of aromatic nitrogens is 2. The Morgan fingerprint density at radius 1 is 1.35 bits per heavy atom. The zero-order valence-electron chi connectivity index (χ0n) is 10.4. The second-order valence-corrected chi connectivity index (χ2v) is 4.29. The van der Waals surface area contributed by atoms with Crippen molar-refractivity contribution in [3.63, 3.8) is 0 Å². The highest BCUT2D eigenvalue weighted by Gasteiger charge is 2.12. The van der Waals surface area contributed by atoms with Gasteiger partial charge < -0.3 is 5.73 Å². The number of nitrogens with two attached hydrogens (primary N) is 1. The number of aryl methyl sites for hydroxylation is 3. The summed E-state index contributed by atoms with van der Waals surface area (Å²) in [5.41, 5.74) is 9.77. The molecule has 2 rings (SSSR count). The molecule has 17 heavy (non-hydrogen) atoms. The van der Waals surface area contributed by atoms with E-state index in [1.54, 1.807) is 0 Å². The molecule has 1 aromatic carbocycles. The van der Waals surface area contributed by atoms with Gasteiger partial charge in [0.1, 0.15) is 5.69 Å². The van der Waals surface area contributed by atoms with Crippen LogP contribution in [-0.2, 0) is 6.42 Å². The first-order chi connectivity index (χ1) is 8.04. The van der Waals surface area contributed by atoms with Crippen molar-refractivity contribution in [1.29, 1.82) is 0 Å².